The molecule has 0 N–H and O–H groups in total. The number of aromatic nitrogens is 3. The molecule has 0 radical (unpaired) electrons. The lowest BCUT2D eigenvalue weighted by atomic mass is 10.1. The number of ether oxygens (including phenoxy) is 1. The average Bonchev–Trinajstić information content (AvgIpc) is 3.05. The average molecular weight is 252 g/mol. The third-order valence-electron chi connectivity index (χ3n) is 3.10. The van der Waals surface area contributed by atoms with Gasteiger partial charge in [-0.3, -0.25) is 14.3 Å². The Hall–Kier alpha value is -1.92. The van der Waals surface area contributed by atoms with Crippen molar-refractivity contribution in [1.82, 2.24) is 19.9 Å². The van der Waals surface area contributed by atoms with Crippen LogP contribution in [0.2, 0.25) is 0 Å². The van der Waals surface area contributed by atoms with Crippen LogP contribution in [0.3, 0.4) is 0 Å². The van der Waals surface area contributed by atoms with Crippen molar-refractivity contribution >= 4 is 11.9 Å². The van der Waals surface area contributed by atoms with Crippen LogP contribution in [0.4, 0.5) is 0 Å². The summed E-state index contributed by atoms with van der Waals surface area (Å²) in [5.74, 6) is -0.371. The van der Waals surface area contributed by atoms with Gasteiger partial charge in [0.25, 0.3) is 0 Å². The molecule has 2 rings (SSSR count). The van der Waals surface area contributed by atoms with Gasteiger partial charge in [0.2, 0.25) is 5.91 Å². The summed E-state index contributed by atoms with van der Waals surface area (Å²) in [6.45, 7) is 1.59. The molecule has 1 unspecified atom stereocenters. The van der Waals surface area contributed by atoms with Crippen molar-refractivity contribution in [1.29, 1.82) is 0 Å². The Bertz CT molecular complexity index is 418. The molecule has 1 aromatic heterocycles. The van der Waals surface area contributed by atoms with Gasteiger partial charge in [0.15, 0.2) is 0 Å². The number of carbonyl (C=O) groups is 2. The maximum Gasteiger partial charge on any atom is 0.310 e. The normalized spacial score (nSPS) is 18.9. The van der Waals surface area contributed by atoms with E-state index >= 15 is 0 Å². The van der Waals surface area contributed by atoms with Gasteiger partial charge >= 0.3 is 5.97 Å². The SMILES string of the molecule is COC(=O)C1CCN(C(=O)CCn2ccnn2)C1. The van der Waals surface area contributed by atoms with Crippen LogP contribution in [-0.2, 0) is 20.9 Å². The summed E-state index contributed by atoms with van der Waals surface area (Å²) < 4.78 is 6.30. The summed E-state index contributed by atoms with van der Waals surface area (Å²) in [4.78, 5) is 25.0. The number of methoxy groups -OCH3 is 1. The number of hydrogen-bond acceptors (Lipinski definition) is 5. The molecule has 1 aromatic rings. The standard InChI is InChI=1S/C11H16N4O3/c1-18-11(17)9-2-5-14(8-9)10(16)3-6-15-7-4-12-13-15/h4,7,9H,2-3,5-6,8H2,1H3. The Balaban J connectivity index is 1.78. The van der Waals surface area contributed by atoms with E-state index in [4.69, 9.17) is 0 Å². The highest BCUT2D eigenvalue weighted by Crippen LogP contribution is 2.18. The highest BCUT2D eigenvalue weighted by molar-refractivity contribution is 5.79. The van der Waals surface area contributed by atoms with Crippen molar-refractivity contribution in [2.45, 2.75) is 19.4 Å². The van der Waals surface area contributed by atoms with Gasteiger partial charge in [0, 0.05) is 25.7 Å². The van der Waals surface area contributed by atoms with Gasteiger partial charge < -0.3 is 9.64 Å². The van der Waals surface area contributed by atoms with E-state index in [1.54, 1.807) is 22.0 Å². The third kappa shape index (κ3) is 2.85. The summed E-state index contributed by atoms with van der Waals surface area (Å²) in [5, 5.41) is 7.46. The smallest absolute Gasteiger partial charge is 0.310 e. The minimum absolute atomic E-state index is 0.0388. The molecule has 7 nitrogen and oxygen atoms in total. The Kier molecular flexibility index (Phi) is 3.91. The minimum atomic E-state index is -0.235. The topological polar surface area (TPSA) is 77.3 Å². The first-order chi connectivity index (χ1) is 8.70. The van der Waals surface area contributed by atoms with Gasteiger partial charge in [0.1, 0.15) is 0 Å². The van der Waals surface area contributed by atoms with E-state index in [1.165, 1.54) is 7.11 Å². The van der Waals surface area contributed by atoms with Crippen LogP contribution in [0.1, 0.15) is 12.8 Å². The van der Waals surface area contributed by atoms with E-state index in [0.717, 1.165) is 0 Å². The molecular weight excluding hydrogens is 236 g/mol. The maximum atomic E-state index is 11.9. The molecule has 1 aliphatic heterocycles. The Labute approximate surface area is 105 Å². The second kappa shape index (κ2) is 5.61. The molecular formula is C11H16N4O3. The van der Waals surface area contributed by atoms with Crippen molar-refractivity contribution < 1.29 is 14.3 Å². The molecule has 0 aliphatic carbocycles. The quantitative estimate of drug-likeness (QED) is 0.687. The molecule has 0 bridgehead atoms. The van der Waals surface area contributed by atoms with Crippen molar-refractivity contribution in [3.8, 4) is 0 Å². The van der Waals surface area contributed by atoms with Gasteiger partial charge in [-0.2, -0.15) is 0 Å². The lowest BCUT2D eigenvalue weighted by Gasteiger charge is -2.15. The number of hydrogen-bond donors (Lipinski definition) is 0. The number of esters is 1. The fraction of sp³-hybridized carbons (Fsp3) is 0.636. The van der Waals surface area contributed by atoms with Gasteiger partial charge in [-0.05, 0) is 6.42 Å². The first-order valence-electron chi connectivity index (χ1n) is 5.90. The fourth-order valence-corrected chi connectivity index (χ4v) is 2.07. The Morgan fingerprint density at radius 3 is 3.00 bits per heavy atom. The molecule has 98 valence electrons. The van der Waals surface area contributed by atoms with E-state index in [-0.39, 0.29) is 17.8 Å². The molecule has 2 heterocycles. The highest BCUT2D eigenvalue weighted by atomic mass is 16.5. The van der Waals surface area contributed by atoms with Crippen LogP contribution in [-0.4, -0.2) is 52.0 Å². The summed E-state index contributed by atoms with van der Waals surface area (Å²) >= 11 is 0. The lowest BCUT2D eigenvalue weighted by molar-refractivity contribution is -0.145. The monoisotopic (exact) mass is 252 g/mol. The predicted octanol–water partition coefficient (Wildman–Crippen LogP) is -0.310. The van der Waals surface area contributed by atoms with Gasteiger partial charge in [0.05, 0.1) is 25.8 Å². The molecule has 0 spiro atoms. The van der Waals surface area contributed by atoms with E-state index < -0.39 is 0 Å². The number of amides is 1. The molecule has 1 aliphatic rings. The van der Waals surface area contributed by atoms with Crippen molar-refractivity contribution in [3.63, 3.8) is 0 Å². The first kappa shape index (κ1) is 12.5. The number of aryl methyl sites for hydroxylation is 1. The molecule has 1 fully saturated rings. The van der Waals surface area contributed by atoms with Crippen LogP contribution in [0.5, 0.6) is 0 Å². The Morgan fingerprint density at radius 1 is 1.50 bits per heavy atom. The molecule has 1 atom stereocenters. The van der Waals surface area contributed by atoms with Crippen LogP contribution in [0.15, 0.2) is 12.4 Å². The third-order valence-corrected chi connectivity index (χ3v) is 3.10. The van der Waals surface area contributed by atoms with Gasteiger partial charge in [-0.15, -0.1) is 5.10 Å². The molecule has 18 heavy (non-hydrogen) atoms. The second-order valence-electron chi connectivity index (χ2n) is 4.26. The van der Waals surface area contributed by atoms with Crippen LogP contribution in [0.25, 0.3) is 0 Å². The summed E-state index contributed by atoms with van der Waals surface area (Å²) in [5.41, 5.74) is 0. The number of carbonyl (C=O) groups excluding carboxylic acids is 2. The highest BCUT2D eigenvalue weighted by Gasteiger charge is 2.31. The van der Waals surface area contributed by atoms with Gasteiger partial charge in [-0.1, -0.05) is 5.21 Å². The molecule has 7 heteroatoms. The van der Waals surface area contributed by atoms with Crippen molar-refractivity contribution in [2.24, 2.45) is 5.92 Å². The zero-order valence-electron chi connectivity index (χ0n) is 10.3. The van der Waals surface area contributed by atoms with Gasteiger partial charge in [-0.25, -0.2) is 0 Å². The maximum absolute atomic E-state index is 11.9. The van der Waals surface area contributed by atoms with Crippen molar-refractivity contribution in [2.75, 3.05) is 20.2 Å². The van der Waals surface area contributed by atoms with E-state index in [2.05, 4.69) is 15.0 Å². The van der Waals surface area contributed by atoms with Crippen LogP contribution in [0, 0.1) is 5.92 Å². The summed E-state index contributed by atoms with van der Waals surface area (Å²) in [7, 11) is 1.37. The largest absolute Gasteiger partial charge is 0.469 e. The molecule has 0 aromatic carbocycles. The number of nitrogens with zero attached hydrogens (tertiary/aromatic N) is 4. The zero-order chi connectivity index (χ0) is 13.0. The zero-order valence-corrected chi connectivity index (χ0v) is 10.3. The molecule has 0 saturated carbocycles. The molecule has 1 saturated heterocycles. The predicted molar refractivity (Wildman–Crippen MR) is 61.3 cm³/mol. The lowest BCUT2D eigenvalue weighted by Crippen LogP contribution is -2.30. The first-order valence-corrected chi connectivity index (χ1v) is 5.90. The van der Waals surface area contributed by atoms with E-state index in [0.29, 0.717) is 32.5 Å². The number of likely N-dealkylation sites (tertiary alicyclic amines) is 1. The van der Waals surface area contributed by atoms with E-state index in [1.807, 2.05) is 0 Å². The summed E-state index contributed by atoms with van der Waals surface area (Å²) in [6.07, 6.45) is 4.35. The van der Waals surface area contributed by atoms with Crippen molar-refractivity contribution in [3.05, 3.63) is 12.4 Å². The molecule has 1 amide bonds. The minimum Gasteiger partial charge on any atom is -0.469 e. The Morgan fingerprint density at radius 2 is 2.33 bits per heavy atom. The fourth-order valence-electron chi connectivity index (χ4n) is 2.07. The van der Waals surface area contributed by atoms with Crippen LogP contribution >= 0.6 is 0 Å². The van der Waals surface area contributed by atoms with Crippen LogP contribution < -0.4 is 0 Å². The van der Waals surface area contributed by atoms with E-state index in [9.17, 15) is 9.59 Å². The summed E-state index contributed by atoms with van der Waals surface area (Å²) in [6, 6.07) is 0. The number of rotatable bonds is 4. The second-order valence-corrected chi connectivity index (χ2v) is 4.26.